The molecule has 1 amide bonds. The van der Waals surface area contributed by atoms with Crippen molar-refractivity contribution in [2.45, 2.75) is 19.4 Å². The number of carbonyl (C=O) groups excluding carboxylic acids is 1. The maximum Gasteiger partial charge on any atom is 0.272 e. The first-order valence-electron chi connectivity index (χ1n) is 8.56. The fourth-order valence-electron chi connectivity index (χ4n) is 3.08. The van der Waals surface area contributed by atoms with Gasteiger partial charge in [0, 0.05) is 32.3 Å². The standard InChI is InChI=1S/C19H20N4O2S/c1-13-5-6-18(20-11-13)25-14-7-8-23(12-14)19(24)16-10-15(21-22(16)2)17-4-3-9-26-17/h3-6,9-11,14H,7-8,12H2,1-2H3. The summed E-state index contributed by atoms with van der Waals surface area (Å²) in [6, 6.07) is 9.70. The summed E-state index contributed by atoms with van der Waals surface area (Å²) in [5, 5.41) is 6.49. The largest absolute Gasteiger partial charge is 0.472 e. The molecule has 1 fully saturated rings. The SMILES string of the molecule is Cc1ccc(OC2CCN(C(=O)c3cc(-c4cccs4)nn3C)C2)nc1. The monoisotopic (exact) mass is 368 g/mol. The fraction of sp³-hybridized carbons (Fsp3) is 0.316. The van der Waals surface area contributed by atoms with Crippen LogP contribution in [0.25, 0.3) is 10.6 Å². The van der Waals surface area contributed by atoms with Gasteiger partial charge in [0.05, 0.1) is 11.4 Å². The summed E-state index contributed by atoms with van der Waals surface area (Å²) in [5.41, 5.74) is 2.53. The van der Waals surface area contributed by atoms with E-state index in [-0.39, 0.29) is 12.0 Å². The van der Waals surface area contributed by atoms with E-state index in [9.17, 15) is 4.79 Å². The highest BCUT2D eigenvalue weighted by molar-refractivity contribution is 7.13. The van der Waals surface area contributed by atoms with Crippen LogP contribution in [-0.4, -0.2) is 44.8 Å². The Hall–Kier alpha value is -2.67. The molecule has 4 rings (SSSR count). The topological polar surface area (TPSA) is 60.2 Å². The third-order valence-electron chi connectivity index (χ3n) is 4.48. The van der Waals surface area contributed by atoms with Crippen molar-refractivity contribution in [3.63, 3.8) is 0 Å². The van der Waals surface area contributed by atoms with Crippen LogP contribution in [-0.2, 0) is 7.05 Å². The van der Waals surface area contributed by atoms with Gasteiger partial charge in [0.25, 0.3) is 5.91 Å². The summed E-state index contributed by atoms with van der Waals surface area (Å²) >= 11 is 1.62. The maximum absolute atomic E-state index is 12.9. The summed E-state index contributed by atoms with van der Waals surface area (Å²) in [4.78, 5) is 20.1. The van der Waals surface area contributed by atoms with Crippen LogP contribution in [0.2, 0.25) is 0 Å². The molecule has 3 aromatic rings. The van der Waals surface area contributed by atoms with E-state index < -0.39 is 0 Å². The van der Waals surface area contributed by atoms with E-state index in [1.54, 1.807) is 22.2 Å². The minimum absolute atomic E-state index is 0.00854. The molecule has 0 spiro atoms. The lowest BCUT2D eigenvalue weighted by atomic mass is 10.3. The molecule has 1 aliphatic heterocycles. The predicted molar refractivity (Wildman–Crippen MR) is 100 cm³/mol. The second-order valence-corrected chi connectivity index (χ2v) is 7.42. The highest BCUT2D eigenvalue weighted by atomic mass is 32.1. The molecule has 0 N–H and O–H groups in total. The summed E-state index contributed by atoms with van der Waals surface area (Å²) in [5.74, 6) is 0.598. The van der Waals surface area contributed by atoms with Crippen molar-refractivity contribution in [2.75, 3.05) is 13.1 Å². The van der Waals surface area contributed by atoms with Crippen molar-refractivity contribution < 1.29 is 9.53 Å². The summed E-state index contributed by atoms with van der Waals surface area (Å²) < 4.78 is 7.57. The van der Waals surface area contributed by atoms with Gasteiger partial charge < -0.3 is 9.64 Å². The molecule has 6 nitrogen and oxygen atoms in total. The first-order chi connectivity index (χ1) is 12.6. The van der Waals surface area contributed by atoms with Crippen LogP contribution in [0.1, 0.15) is 22.5 Å². The van der Waals surface area contributed by atoms with Crippen molar-refractivity contribution in [2.24, 2.45) is 7.05 Å². The number of amides is 1. The zero-order chi connectivity index (χ0) is 18.1. The van der Waals surface area contributed by atoms with Crippen molar-refractivity contribution in [1.29, 1.82) is 0 Å². The number of ether oxygens (including phenoxy) is 1. The molecule has 26 heavy (non-hydrogen) atoms. The molecule has 7 heteroatoms. The number of aryl methyl sites for hydroxylation is 2. The Balaban J connectivity index is 1.44. The Kier molecular flexibility index (Phi) is 4.46. The van der Waals surface area contributed by atoms with E-state index in [1.165, 1.54) is 0 Å². The Bertz CT molecular complexity index is 902. The summed E-state index contributed by atoms with van der Waals surface area (Å²) in [6.45, 7) is 3.23. The van der Waals surface area contributed by atoms with Crippen molar-refractivity contribution in [1.82, 2.24) is 19.7 Å². The average Bonchev–Trinajstić information content (AvgIpc) is 3.37. The van der Waals surface area contributed by atoms with Crippen molar-refractivity contribution in [3.05, 3.63) is 53.2 Å². The molecule has 0 radical (unpaired) electrons. The Morgan fingerprint density at radius 3 is 2.96 bits per heavy atom. The van der Waals surface area contributed by atoms with Gasteiger partial charge in [-0.05, 0) is 30.0 Å². The molecular formula is C19H20N4O2S. The van der Waals surface area contributed by atoms with Crippen LogP contribution in [0.15, 0.2) is 41.9 Å². The molecule has 4 heterocycles. The van der Waals surface area contributed by atoms with Crippen molar-refractivity contribution in [3.8, 4) is 16.5 Å². The zero-order valence-corrected chi connectivity index (χ0v) is 15.6. The zero-order valence-electron chi connectivity index (χ0n) is 14.8. The molecule has 1 atom stereocenters. The van der Waals surface area contributed by atoms with Crippen molar-refractivity contribution >= 4 is 17.2 Å². The van der Waals surface area contributed by atoms with Gasteiger partial charge in [-0.2, -0.15) is 5.10 Å². The van der Waals surface area contributed by atoms with Gasteiger partial charge in [-0.1, -0.05) is 12.1 Å². The van der Waals surface area contributed by atoms with Gasteiger partial charge in [0.2, 0.25) is 5.88 Å². The van der Waals surface area contributed by atoms with E-state index in [4.69, 9.17) is 4.74 Å². The maximum atomic E-state index is 12.9. The molecule has 134 valence electrons. The number of thiophene rings is 1. The minimum Gasteiger partial charge on any atom is -0.472 e. The third kappa shape index (κ3) is 3.35. The van der Waals surface area contributed by atoms with Crippen LogP contribution in [0.3, 0.4) is 0 Å². The molecule has 3 aromatic heterocycles. The van der Waals surface area contributed by atoms with E-state index >= 15 is 0 Å². The first-order valence-corrected chi connectivity index (χ1v) is 9.44. The van der Waals surface area contributed by atoms with Crippen LogP contribution in [0, 0.1) is 6.92 Å². The normalized spacial score (nSPS) is 16.8. The number of rotatable bonds is 4. The molecule has 1 aliphatic rings. The van der Waals surface area contributed by atoms with Gasteiger partial charge >= 0.3 is 0 Å². The first kappa shape index (κ1) is 16.8. The van der Waals surface area contributed by atoms with Gasteiger partial charge in [-0.25, -0.2) is 4.98 Å². The predicted octanol–water partition coefficient (Wildman–Crippen LogP) is 3.15. The number of nitrogens with zero attached hydrogens (tertiary/aromatic N) is 4. The van der Waals surface area contributed by atoms with Crippen LogP contribution < -0.4 is 4.74 Å². The highest BCUT2D eigenvalue weighted by Gasteiger charge is 2.30. The fourth-order valence-corrected chi connectivity index (χ4v) is 3.76. The quantitative estimate of drug-likeness (QED) is 0.710. The lowest BCUT2D eigenvalue weighted by Gasteiger charge is -2.17. The molecule has 0 aliphatic carbocycles. The second kappa shape index (κ2) is 6.92. The second-order valence-electron chi connectivity index (χ2n) is 6.47. The number of hydrogen-bond donors (Lipinski definition) is 0. The van der Waals surface area contributed by atoms with Crippen LogP contribution >= 0.6 is 11.3 Å². The van der Waals surface area contributed by atoms with Crippen LogP contribution in [0.4, 0.5) is 0 Å². The lowest BCUT2D eigenvalue weighted by molar-refractivity contribution is 0.0760. The third-order valence-corrected chi connectivity index (χ3v) is 5.37. The number of likely N-dealkylation sites (tertiary alicyclic amines) is 1. The minimum atomic E-state index is -0.0286. The van der Waals surface area contributed by atoms with Gasteiger partial charge in [-0.15, -0.1) is 11.3 Å². The van der Waals surface area contributed by atoms with E-state index in [0.717, 1.165) is 22.6 Å². The average molecular weight is 368 g/mol. The number of aromatic nitrogens is 3. The highest BCUT2D eigenvalue weighted by Crippen LogP contribution is 2.25. The van der Waals surface area contributed by atoms with E-state index in [2.05, 4.69) is 10.1 Å². The number of carbonyl (C=O) groups is 1. The molecular weight excluding hydrogens is 348 g/mol. The Morgan fingerprint density at radius 1 is 1.35 bits per heavy atom. The van der Waals surface area contributed by atoms with Gasteiger partial charge in [0.1, 0.15) is 17.5 Å². The number of hydrogen-bond acceptors (Lipinski definition) is 5. The number of pyridine rings is 1. The molecule has 0 bridgehead atoms. The smallest absolute Gasteiger partial charge is 0.272 e. The van der Waals surface area contributed by atoms with Gasteiger partial charge in [-0.3, -0.25) is 9.48 Å². The lowest BCUT2D eigenvalue weighted by Crippen LogP contribution is -2.32. The Morgan fingerprint density at radius 2 is 2.23 bits per heavy atom. The van der Waals surface area contributed by atoms with Crippen LogP contribution in [0.5, 0.6) is 5.88 Å². The Labute approximate surface area is 156 Å². The molecule has 1 saturated heterocycles. The molecule has 1 unspecified atom stereocenters. The van der Waals surface area contributed by atoms with E-state index in [0.29, 0.717) is 24.7 Å². The van der Waals surface area contributed by atoms with Gasteiger partial charge in [0.15, 0.2) is 0 Å². The van der Waals surface area contributed by atoms with E-state index in [1.807, 2.05) is 54.6 Å². The summed E-state index contributed by atoms with van der Waals surface area (Å²) in [7, 11) is 1.81. The molecule has 0 aromatic carbocycles. The summed E-state index contributed by atoms with van der Waals surface area (Å²) in [6.07, 6.45) is 2.56. The molecule has 0 saturated carbocycles.